The second-order valence-corrected chi connectivity index (χ2v) is 4.67. The third kappa shape index (κ3) is 2.73. The van der Waals surface area contributed by atoms with Gasteiger partial charge in [0.15, 0.2) is 0 Å². The lowest BCUT2D eigenvalue weighted by Gasteiger charge is -2.07. The molecule has 19 heavy (non-hydrogen) atoms. The van der Waals surface area contributed by atoms with Crippen molar-refractivity contribution >= 4 is 23.5 Å². The number of hydrogen-bond acceptors (Lipinski definition) is 3. The number of amides is 2. The topological polar surface area (TPSA) is 109 Å². The number of carbonyl (C=O) groups excluding carboxylic acids is 2. The quantitative estimate of drug-likeness (QED) is 0.743. The molecule has 0 heterocycles. The molecule has 0 saturated heterocycles. The van der Waals surface area contributed by atoms with Gasteiger partial charge < -0.3 is 16.2 Å². The van der Waals surface area contributed by atoms with Gasteiger partial charge in [-0.15, -0.1) is 0 Å². The lowest BCUT2D eigenvalue weighted by Crippen LogP contribution is -2.17. The highest BCUT2D eigenvalue weighted by Gasteiger charge is 2.48. The second kappa shape index (κ2) is 4.72. The molecule has 1 aromatic carbocycles. The Balaban J connectivity index is 2.04. The lowest BCUT2D eigenvalue weighted by atomic mass is 10.1. The molecule has 2 atom stereocenters. The van der Waals surface area contributed by atoms with Crippen LogP contribution in [-0.4, -0.2) is 22.9 Å². The van der Waals surface area contributed by atoms with E-state index in [2.05, 4.69) is 5.32 Å². The van der Waals surface area contributed by atoms with Gasteiger partial charge in [0.2, 0.25) is 11.8 Å². The summed E-state index contributed by atoms with van der Waals surface area (Å²) in [4.78, 5) is 33.5. The number of nitrogens with one attached hydrogen (secondary N) is 1. The van der Waals surface area contributed by atoms with Crippen LogP contribution in [0.2, 0.25) is 0 Å². The summed E-state index contributed by atoms with van der Waals surface area (Å²) in [5.74, 6) is -2.82. The van der Waals surface area contributed by atoms with Crippen LogP contribution in [0, 0.1) is 18.8 Å². The van der Waals surface area contributed by atoms with Gasteiger partial charge in [0.05, 0.1) is 11.8 Å². The van der Waals surface area contributed by atoms with Crippen LogP contribution in [0.15, 0.2) is 18.2 Å². The van der Waals surface area contributed by atoms with Crippen molar-refractivity contribution in [3.8, 4) is 0 Å². The molecule has 0 aromatic heterocycles. The number of carboxylic acid groups (broad SMARTS) is 1. The van der Waals surface area contributed by atoms with E-state index in [4.69, 9.17) is 10.8 Å². The Labute approximate surface area is 109 Å². The molecule has 1 saturated carbocycles. The third-order valence-electron chi connectivity index (χ3n) is 3.20. The Morgan fingerprint density at radius 2 is 2.00 bits per heavy atom. The van der Waals surface area contributed by atoms with E-state index in [-0.39, 0.29) is 5.91 Å². The minimum atomic E-state index is -0.944. The first-order valence-corrected chi connectivity index (χ1v) is 5.84. The zero-order valence-electron chi connectivity index (χ0n) is 10.3. The molecule has 0 aliphatic heterocycles. The zero-order chi connectivity index (χ0) is 14.2. The number of nitrogens with two attached hydrogens (primary N) is 1. The fourth-order valence-electron chi connectivity index (χ4n) is 2.01. The molecular formula is C13H14N2O4. The minimum absolute atomic E-state index is 0.307. The van der Waals surface area contributed by atoms with E-state index in [1.165, 1.54) is 6.07 Å². The van der Waals surface area contributed by atoms with E-state index in [0.717, 1.165) is 0 Å². The third-order valence-corrected chi connectivity index (χ3v) is 3.20. The SMILES string of the molecule is Cc1cc(NC(=O)C2CC2C(=O)O)ccc1C(N)=O. The summed E-state index contributed by atoms with van der Waals surface area (Å²) in [5.41, 5.74) is 6.77. The summed E-state index contributed by atoms with van der Waals surface area (Å²) in [6.07, 6.45) is 0.375. The summed E-state index contributed by atoms with van der Waals surface area (Å²) in [7, 11) is 0. The van der Waals surface area contributed by atoms with Gasteiger partial charge in [0.25, 0.3) is 0 Å². The Morgan fingerprint density at radius 1 is 1.32 bits per heavy atom. The van der Waals surface area contributed by atoms with Gasteiger partial charge >= 0.3 is 5.97 Å². The zero-order valence-corrected chi connectivity index (χ0v) is 10.3. The highest BCUT2D eigenvalue weighted by atomic mass is 16.4. The summed E-state index contributed by atoms with van der Waals surface area (Å²) < 4.78 is 0. The van der Waals surface area contributed by atoms with Gasteiger partial charge in [-0.1, -0.05) is 0 Å². The van der Waals surface area contributed by atoms with Gasteiger partial charge in [0.1, 0.15) is 0 Å². The Hall–Kier alpha value is -2.37. The van der Waals surface area contributed by atoms with E-state index < -0.39 is 23.7 Å². The lowest BCUT2D eigenvalue weighted by molar-refractivity contribution is -0.139. The van der Waals surface area contributed by atoms with Crippen molar-refractivity contribution in [2.75, 3.05) is 5.32 Å². The number of carboxylic acids is 1. The summed E-state index contributed by atoms with van der Waals surface area (Å²) in [5, 5.41) is 11.4. The number of rotatable bonds is 4. The van der Waals surface area contributed by atoms with Crippen LogP contribution in [0.3, 0.4) is 0 Å². The molecule has 6 heteroatoms. The monoisotopic (exact) mass is 262 g/mol. The average Bonchev–Trinajstić information content (AvgIpc) is 3.08. The molecule has 6 nitrogen and oxygen atoms in total. The van der Waals surface area contributed by atoms with E-state index in [1.54, 1.807) is 19.1 Å². The fourth-order valence-corrected chi connectivity index (χ4v) is 2.01. The van der Waals surface area contributed by atoms with E-state index >= 15 is 0 Å². The van der Waals surface area contributed by atoms with Gasteiger partial charge in [-0.2, -0.15) is 0 Å². The maximum atomic E-state index is 11.8. The van der Waals surface area contributed by atoms with E-state index in [0.29, 0.717) is 23.2 Å². The molecule has 0 spiro atoms. The highest BCUT2D eigenvalue weighted by molar-refractivity contribution is 5.99. The molecule has 1 aliphatic rings. The molecule has 0 radical (unpaired) electrons. The van der Waals surface area contributed by atoms with Crippen molar-refractivity contribution < 1.29 is 19.5 Å². The Kier molecular flexibility index (Phi) is 3.25. The number of hydrogen-bond donors (Lipinski definition) is 3. The number of anilines is 1. The van der Waals surface area contributed by atoms with Crippen molar-refractivity contribution in [1.29, 1.82) is 0 Å². The highest BCUT2D eigenvalue weighted by Crippen LogP contribution is 2.39. The van der Waals surface area contributed by atoms with Crippen molar-refractivity contribution in [3.05, 3.63) is 29.3 Å². The predicted molar refractivity (Wildman–Crippen MR) is 67.6 cm³/mol. The molecular weight excluding hydrogens is 248 g/mol. The van der Waals surface area contributed by atoms with Crippen LogP contribution in [-0.2, 0) is 9.59 Å². The van der Waals surface area contributed by atoms with E-state index in [1.807, 2.05) is 0 Å². The summed E-state index contributed by atoms with van der Waals surface area (Å²) >= 11 is 0. The van der Waals surface area contributed by atoms with Crippen LogP contribution >= 0.6 is 0 Å². The van der Waals surface area contributed by atoms with Gasteiger partial charge in [0, 0.05) is 11.3 Å². The summed E-state index contributed by atoms with van der Waals surface area (Å²) in [6, 6.07) is 4.74. The van der Waals surface area contributed by atoms with Crippen LogP contribution in [0.5, 0.6) is 0 Å². The molecule has 1 aliphatic carbocycles. The average molecular weight is 262 g/mol. The van der Waals surface area contributed by atoms with Crippen LogP contribution < -0.4 is 11.1 Å². The van der Waals surface area contributed by atoms with Crippen molar-refractivity contribution in [2.45, 2.75) is 13.3 Å². The van der Waals surface area contributed by atoms with Crippen LogP contribution in [0.25, 0.3) is 0 Å². The Morgan fingerprint density at radius 3 is 2.47 bits per heavy atom. The van der Waals surface area contributed by atoms with Crippen LogP contribution in [0.4, 0.5) is 5.69 Å². The maximum Gasteiger partial charge on any atom is 0.307 e. The molecule has 1 fully saturated rings. The standard InChI is InChI=1S/C13H14N2O4/c1-6-4-7(2-3-8(6)11(14)16)15-12(17)9-5-10(9)13(18)19/h2-4,9-10H,5H2,1H3,(H2,14,16)(H,15,17)(H,18,19). The summed E-state index contributed by atoms with van der Waals surface area (Å²) in [6.45, 7) is 1.72. The number of primary amides is 1. The number of aryl methyl sites for hydroxylation is 1. The number of benzene rings is 1. The van der Waals surface area contributed by atoms with Gasteiger partial charge in [-0.05, 0) is 37.1 Å². The number of carbonyl (C=O) groups is 3. The molecule has 0 bridgehead atoms. The molecule has 1 aromatic rings. The largest absolute Gasteiger partial charge is 0.481 e. The second-order valence-electron chi connectivity index (χ2n) is 4.67. The minimum Gasteiger partial charge on any atom is -0.481 e. The molecule has 100 valence electrons. The predicted octanol–water partition coefficient (Wildman–Crippen LogP) is 0.753. The van der Waals surface area contributed by atoms with Gasteiger partial charge in [-0.3, -0.25) is 14.4 Å². The smallest absolute Gasteiger partial charge is 0.307 e. The normalized spacial score (nSPS) is 20.7. The van der Waals surface area contributed by atoms with Crippen molar-refractivity contribution in [2.24, 2.45) is 17.6 Å². The van der Waals surface area contributed by atoms with E-state index in [9.17, 15) is 14.4 Å². The Bertz CT molecular complexity index is 568. The molecule has 2 amide bonds. The first-order valence-electron chi connectivity index (χ1n) is 5.84. The molecule has 2 unspecified atom stereocenters. The number of aliphatic carboxylic acids is 1. The maximum absolute atomic E-state index is 11.8. The van der Waals surface area contributed by atoms with Gasteiger partial charge in [-0.25, -0.2) is 0 Å². The van der Waals surface area contributed by atoms with Crippen molar-refractivity contribution in [3.63, 3.8) is 0 Å². The fraction of sp³-hybridized carbons (Fsp3) is 0.308. The first kappa shape index (κ1) is 13.1. The van der Waals surface area contributed by atoms with Crippen LogP contribution in [0.1, 0.15) is 22.3 Å². The molecule has 4 N–H and O–H groups in total. The molecule has 2 rings (SSSR count). The first-order chi connectivity index (χ1) is 8.90. The van der Waals surface area contributed by atoms with Crippen molar-refractivity contribution in [1.82, 2.24) is 0 Å².